The van der Waals surface area contributed by atoms with Gasteiger partial charge in [-0.15, -0.1) is 11.8 Å². The van der Waals surface area contributed by atoms with Crippen LogP contribution in [0.1, 0.15) is 24.4 Å². The molecule has 1 aromatic heterocycles. The average molecular weight is 387 g/mol. The molecule has 0 saturated carbocycles. The molecule has 2 atom stereocenters. The first kappa shape index (κ1) is 15.2. The lowest BCUT2D eigenvalue weighted by Crippen LogP contribution is -2.19. The SMILES string of the molecule is CCC1SCCSC1c1noc(-c2ccc(Br)cc2O)n1. The highest BCUT2D eigenvalue weighted by Crippen LogP contribution is 2.43. The van der Waals surface area contributed by atoms with Gasteiger partial charge in [-0.3, -0.25) is 0 Å². The van der Waals surface area contributed by atoms with Crippen molar-refractivity contribution in [1.29, 1.82) is 0 Å². The van der Waals surface area contributed by atoms with Crippen LogP contribution < -0.4 is 0 Å². The molecule has 0 radical (unpaired) electrons. The van der Waals surface area contributed by atoms with Crippen molar-refractivity contribution in [3.05, 3.63) is 28.5 Å². The molecule has 0 aliphatic carbocycles. The second-order valence-electron chi connectivity index (χ2n) is 4.73. The molecule has 1 fully saturated rings. The fraction of sp³-hybridized carbons (Fsp3) is 0.429. The van der Waals surface area contributed by atoms with E-state index in [1.807, 2.05) is 29.6 Å². The van der Waals surface area contributed by atoms with Gasteiger partial charge in [-0.05, 0) is 24.6 Å². The van der Waals surface area contributed by atoms with Crippen LogP contribution in [0.3, 0.4) is 0 Å². The standard InChI is InChI=1S/C14H15BrN2O2S2/c1-2-11-12(21-6-5-20-11)13-16-14(19-17-13)9-4-3-8(15)7-10(9)18/h3-4,7,11-12,18H,2,5-6H2,1H3. The lowest BCUT2D eigenvalue weighted by Gasteiger charge is -2.27. The minimum absolute atomic E-state index is 0.136. The van der Waals surface area contributed by atoms with Crippen LogP contribution in [0.4, 0.5) is 0 Å². The van der Waals surface area contributed by atoms with Gasteiger partial charge in [0.05, 0.1) is 10.8 Å². The third kappa shape index (κ3) is 3.24. The number of halogens is 1. The number of aromatic hydroxyl groups is 1. The van der Waals surface area contributed by atoms with Crippen molar-refractivity contribution in [2.45, 2.75) is 23.8 Å². The molecule has 1 saturated heterocycles. The second kappa shape index (κ2) is 6.62. The highest BCUT2D eigenvalue weighted by atomic mass is 79.9. The molecule has 4 nitrogen and oxygen atoms in total. The van der Waals surface area contributed by atoms with E-state index in [9.17, 15) is 5.11 Å². The van der Waals surface area contributed by atoms with Gasteiger partial charge in [0.2, 0.25) is 0 Å². The Morgan fingerprint density at radius 1 is 1.38 bits per heavy atom. The molecule has 7 heteroatoms. The Hall–Kier alpha value is -0.660. The quantitative estimate of drug-likeness (QED) is 0.837. The Bertz CT molecular complexity index is 635. The lowest BCUT2D eigenvalue weighted by molar-refractivity contribution is 0.416. The number of phenolic OH excluding ortho intramolecular Hbond substituents is 1. The number of thioether (sulfide) groups is 2. The Balaban J connectivity index is 1.89. The van der Waals surface area contributed by atoms with Crippen LogP contribution >= 0.6 is 39.5 Å². The molecule has 1 N–H and O–H groups in total. The predicted octanol–water partition coefficient (Wildman–Crippen LogP) is 4.50. The number of phenols is 1. The number of aromatic nitrogens is 2. The zero-order valence-corrected chi connectivity index (χ0v) is 14.7. The summed E-state index contributed by atoms with van der Waals surface area (Å²) in [5.74, 6) is 3.53. The van der Waals surface area contributed by atoms with Crippen molar-refractivity contribution in [3.8, 4) is 17.2 Å². The van der Waals surface area contributed by atoms with Crippen molar-refractivity contribution < 1.29 is 9.63 Å². The summed E-state index contributed by atoms with van der Waals surface area (Å²) < 4.78 is 6.17. The van der Waals surface area contributed by atoms with E-state index in [0.29, 0.717) is 16.7 Å². The third-order valence-corrected chi connectivity index (χ3v) is 7.07. The van der Waals surface area contributed by atoms with E-state index in [-0.39, 0.29) is 11.0 Å². The van der Waals surface area contributed by atoms with Crippen LogP contribution in [0.2, 0.25) is 0 Å². The second-order valence-corrected chi connectivity index (χ2v) is 8.24. The maximum atomic E-state index is 10.00. The van der Waals surface area contributed by atoms with Gasteiger partial charge >= 0.3 is 0 Å². The number of benzene rings is 1. The summed E-state index contributed by atoms with van der Waals surface area (Å²) in [5.41, 5.74) is 0.568. The molecular formula is C14H15BrN2O2S2. The maximum Gasteiger partial charge on any atom is 0.261 e. The average Bonchev–Trinajstić information content (AvgIpc) is 2.96. The molecular weight excluding hydrogens is 372 g/mol. The van der Waals surface area contributed by atoms with E-state index < -0.39 is 0 Å². The molecule has 2 unspecified atom stereocenters. The molecule has 0 amide bonds. The summed E-state index contributed by atoms with van der Waals surface area (Å²) in [6.45, 7) is 2.19. The minimum Gasteiger partial charge on any atom is -0.507 e. The number of nitrogens with zero attached hydrogens (tertiary/aromatic N) is 2. The van der Waals surface area contributed by atoms with Crippen molar-refractivity contribution in [2.24, 2.45) is 0 Å². The van der Waals surface area contributed by atoms with Crippen molar-refractivity contribution in [1.82, 2.24) is 10.1 Å². The van der Waals surface area contributed by atoms with E-state index in [4.69, 9.17) is 4.52 Å². The van der Waals surface area contributed by atoms with Crippen LogP contribution in [-0.2, 0) is 0 Å². The Morgan fingerprint density at radius 2 is 2.19 bits per heavy atom. The Labute approximate surface area is 140 Å². The molecule has 3 rings (SSSR count). The van der Waals surface area contributed by atoms with E-state index in [2.05, 4.69) is 33.0 Å². The fourth-order valence-electron chi connectivity index (χ4n) is 2.29. The number of rotatable bonds is 3. The molecule has 1 aromatic carbocycles. The zero-order valence-electron chi connectivity index (χ0n) is 11.5. The fourth-order valence-corrected chi connectivity index (χ4v) is 5.62. The molecule has 1 aliphatic rings. The largest absolute Gasteiger partial charge is 0.507 e. The third-order valence-electron chi connectivity index (χ3n) is 3.34. The first-order chi connectivity index (χ1) is 10.2. The summed E-state index contributed by atoms with van der Waals surface area (Å²) >= 11 is 7.19. The van der Waals surface area contributed by atoms with Crippen LogP contribution in [0.15, 0.2) is 27.2 Å². The van der Waals surface area contributed by atoms with Gasteiger partial charge in [-0.25, -0.2) is 0 Å². The van der Waals surface area contributed by atoms with E-state index in [0.717, 1.165) is 22.5 Å². The van der Waals surface area contributed by atoms with Gasteiger partial charge in [0.25, 0.3) is 5.89 Å². The maximum absolute atomic E-state index is 10.00. The molecule has 2 aromatic rings. The Kier molecular flexibility index (Phi) is 4.81. The van der Waals surface area contributed by atoms with Gasteiger partial charge in [0, 0.05) is 21.2 Å². The van der Waals surface area contributed by atoms with Crippen molar-refractivity contribution >= 4 is 39.5 Å². The summed E-state index contributed by atoms with van der Waals surface area (Å²) in [7, 11) is 0. The smallest absolute Gasteiger partial charge is 0.261 e. The number of hydrogen-bond donors (Lipinski definition) is 1. The summed E-state index contributed by atoms with van der Waals surface area (Å²) in [6.07, 6.45) is 1.09. The van der Waals surface area contributed by atoms with Crippen LogP contribution in [0.5, 0.6) is 5.75 Å². The molecule has 112 valence electrons. The molecule has 0 spiro atoms. The highest BCUT2D eigenvalue weighted by Gasteiger charge is 2.30. The van der Waals surface area contributed by atoms with Crippen molar-refractivity contribution in [3.63, 3.8) is 0 Å². The van der Waals surface area contributed by atoms with Gasteiger partial charge < -0.3 is 9.63 Å². The van der Waals surface area contributed by atoms with Crippen LogP contribution in [-0.4, -0.2) is 32.0 Å². The normalized spacial score (nSPS) is 22.4. The topological polar surface area (TPSA) is 59.2 Å². The number of hydrogen-bond acceptors (Lipinski definition) is 6. The lowest BCUT2D eigenvalue weighted by atomic mass is 10.2. The first-order valence-corrected chi connectivity index (χ1v) is 9.63. The summed E-state index contributed by atoms with van der Waals surface area (Å²) in [6, 6.07) is 5.25. The molecule has 1 aliphatic heterocycles. The summed E-state index contributed by atoms with van der Waals surface area (Å²) in [5, 5.41) is 14.9. The Morgan fingerprint density at radius 3 is 2.95 bits per heavy atom. The van der Waals surface area contributed by atoms with Crippen molar-refractivity contribution in [2.75, 3.05) is 11.5 Å². The predicted molar refractivity (Wildman–Crippen MR) is 90.8 cm³/mol. The molecule has 21 heavy (non-hydrogen) atoms. The van der Waals surface area contributed by atoms with Gasteiger partial charge in [0.15, 0.2) is 5.82 Å². The first-order valence-electron chi connectivity index (χ1n) is 6.74. The highest BCUT2D eigenvalue weighted by molar-refractivity contribution is 9.10. The molecule has 2 heterocycles. The van der Waals surface area contributed by atoms with E-state index in [1.165, 1.54) is 5.75 Å². The van der Waals surface area contributed by atoms with Gasteiger partial charge in [-0.2, -0.15) is 16.7 Å². The molecule has 0 bridgehead atoms. The van der Waals surface area contributed by atoms with Crippen LogP contribution in [0, 0.1) is 0 Å². The summed E-state index contributed by atoms with van der Waals surface area (Å²) in [4.78, 5) is 4.51. The van der Waals surface area contributed by atoms with E-state index in [1.54, 1.807) is 12.1 Å². The zero-order chi connectivity index (χ0) is 14.8. The van der Waals surface area contributed by atoms with Gasteiger partial charge in [-0.1, -0.05) is 28.0 Å². The minimum atomic E-state index is 0.136. The van der Waals surface area contributed by atoms with Gasteiger partial charge in [0.1, 0.15) is 5.75 Å². The van der Waals surface area contributed by atoms with E-state index >= 15 is 0 Å². The van der Waals surface area contributed by atoms with Crippen LogP contribution in [0.25, 0.3) is 11.5 Å². The monoisotopic (exact) mass is 386 g/mol.